The summed E-state index contributed by atoms with van der Waals surface area (Å²) in [6, 6.07) is 3.00. The van der Waals surface area contributed by atoms with Gasteiger partial charge in [0.25, 0.3) is 0 Å². The van der Waals surface area contributed by atoms with Crippen molar-refractivity contribution >= 4 is 11.6 Å². The van der Waals surface area contributed by atoms with Crippen LogP contribution in [-0.2, 0) is 4.79 Å². The first-order valence-electron chi connectivity index (χ1n) is 6.57. The minimum absolute atomic E-state index is 0.156. The molecule has 1 aromatic carbocycles. The second-order valence-electron chi connectivity index (χ2n) is 5.03. The number of hydrogen-bond acceptors (Lipinski definition) is 2. The van der Waals surface area contributed by atoms with E-state index in [1.807, 2.05) is 0 Å². The van der Waals surface area contributed by atoms with Crippen LogP contribution in [0.5, 0.6) is 0 Å². The predicted octanol–water partition coefficient (Wildman–Crippen LogP) is 2.67. The van der Waals surface area contributed by atoms with Crippen molar-refractivity contribution in [3.8, 4) is 0 Å². The third-order valence-electron chi connectivity index (χ3n) is 3.68. The second kappa shape index (κ2) is 6.10. The Morgan fingerprint density at radius 3 is 2.47 bits per heavy atom. The number of rotatable bonds is 3. The molecule has 3 N–H and O–H groups in total. The minimum Gasteiger partial charge on any atom is -0.330 e. The Labute approximate surface area is 111 Å². The third-order valence-corrected chi connectivity index (χ3v) is 3.68. The molecule has 1 amide bonds. The monoisotopic (exact) mass is 268 g/mol. The topological polar surface area (TPSA) is 55.1 Å². The van der Waals surface area contributed by atoms with Crippen LogP contribution >= 0.6 is 0 Å². The predicted molar refractivity (Wildman–Crippen MR) is 69.5 cm³/mol. The molecule has 2 rings (SSSR count). The highest BCUT2D eigenvalue weighted by Crippen LogP contribution is 2.30. The molecule has 2 atom stereocenters. The van der Waals surface area contributed by atoms with Gasteiger partial charge in [-0.1, -0.05) is 12.8 Å². The van der Waals surface area contributed by atoms with Gasteiger partial charge in [0.05, 0.1) is 0 Å². The highest BCUT2D eigenvalue weighted by molar-refractivity contribution is 5.92. The molecule has 104 valence electrons. The standard InChI is InChI=1S/C14H18F2N2O/c15-10-5-11(16)7-12(6-10)18-14(19)13-4-2-1-3-9(13)8-17/h5-7,9,13H,1-4,8,17H2,(H,18,19). The second-order valence-corrected chi connectivity index (χ2v) is 5.03. The number of nitrogens with one attached hydrogen (secondary N) is 1. The number of anilines is 1. The van der Waals surface area contributed by atoms with Crippen LogP contribution in [-0.4, -0.2) is 12.5 Å². The maximum Gasteiger partial charge on any atom is 0.227 e. The van der Waals surface area contributed by atoms with Crippen LogP contribution in [0.2, 0.25) is 0 Å². The molecule has 1 fully saturated rings. The van der Waals surface area contributed by atoms with Gasteiger partial charge in [-0.05, 0) is 37.4 Å². The van der Waals surface area contributed by atoms with Gasteiger partial charge < -0.3 is 11.1 Å². The molecular formula is C14H18F2N2O. The van der Waals surface area contributed by atoms with Crippen LogP contribution in [0.1, 0.15) is 25.7 Å². The number of carbonyl (C=O) groups excluding carboxylic acids is 1. The first-order chi connectivity index (χ1) is 9.10. The lowest BCUT2D eigenvalue weighted by Gasteiger charge is -2.29. The first-order valence-corrected chi connectivity index (χ1v) is 6.57. The van der Waals surface area contributed by atoms with Crippen molar-refractivity contribution in [1.29, 1.82) is 0 Å². The lowest BCUT2D eigenvalue weighted by Crippen LogP contribution is -2.35. The molecule has 3 nitrogen and oxygen atoms in total. The molecule has 1 aliphatic carbocycles. The Morgan fingerprint density at radius 1 is 1.21 bits per heavy atom. The normalized spacial score (nSPS) is 23.1. The van der Waals surface area contributed by atoms with Crippen molar-refractivity contribution < 1.29 is 13.6 Å². The number of amides is 1. The van der Waals surface area contributed by atoms with Crippen LogP contribution in [0.15, 0.2) is 18.2 Å². The highest BCUT2D eigenvalue weighted by Gasteiger charge is 2.29. The summed E-state index contributed by atoms with van der Waals surface area (Å²) in [4.78, 5) is 12.1. The zero-order chi connectivity index (χ0) is 13.8. The van der Waals surface area contributed by atoms with E-state index >= 15 is 0 Å². The van der Waals surface area contributed by atoms with E-state index in [9.17, 15) is 13.6 Å². The van der Waals surface area contributed by atoms with Crippen molar-refractivity contribution in [1.82, 2.24) is 0 Å². The maximum absolute atomic E-state index is 13.1. The summed E-state index contributed by atoms with van der Waals surface area (Å²) in [5, 5.41) is 2.58. The average molecular weight is 268 g/mol. The van der Waals surface area contributed by atoms with E-state index in [1.165, 1.54) is 0 Å². The van der Waals surface area contributed by atoms with Crippen LogP contribution in [0.3, 0.4) is 0 Å². The van der Waals surface area contributed by atoms with Crippen LogP contribution in [0.25, 0.3) is 0 Å². The Bertz CT molecular complexity index is 445. The van der Waals surface area contributed by atoms with Crippen LogP contribution in [0.4, 0.5) is 14.5 Å². The van der Waals surface area contributed by atoms with Crippen molar-refractivity contribution in [2.24, 2.45) is 17.6 Å². The molecule has 0 bridgehead atoms. The van der Waals surface area contributed by atoms with E-state index in [2.05, 4.69) is 5.32 Å². The van der Waals surface area contributed by atoms with Gasteiger partial charge >= 0.3 is 0 Å². The summed E-state index contributed by atoms with van der Waals surface area (Å²) in [5.41, 5.74) is 5.83. The van der Waals surface area contributed by atoms with Gasteiger partial charge in [0, 0.05) is 17.7 Å². The van der Waals surface area contributed by atoms with E-state index in [0.717, 1.165) is 43.9 Å². The zero-order valence-electron chi connectivity index (χ0n) is 10.7. The fraction of sp³-hybridized carbons (Fsp3) is 0.500. The van der Waals surface area contributed by atoms with E-state index in [-0.39, 0.29) is 23.4 Å². The minimum atomic E-state index is -0.700. The first kappa shape index (κ1) is 13.9. The number of halogens is 2. The molecule has 2 unspecified atom stereocenters. The molecule has 1 saturated carbocycles. The Balaban J connectivity index is 2.07. The lowest BCUT2D eigenvalue weighted by atomic mass is 9.78. The molecule has 1 aromatic rings. The average Bonchev–Trinajstić information content (AvgIpc) is 2.37. The summed E-state index contributed by atoms with van der Waals surface area (Å²) in [6.07, 6.45) is 3.80. The number of nitrogens with two attached hydrogens (primary N) is 1. The van der Waals surface area contributed by atoms with E-state index < -0.39 is 11.6 Å². The van der Waals surface area contributed by atoms with Gasteiger partial charge in [-0.2, -0.15) is 0 Å². The van der Waals surface area contributed by atoms with Gasteiger partial charge in [0.2, 0.25) is 5.91 Å². The summed E-state index contributed by atoms with van der Waals surface area (Å²) >= 11 is 0. The molecule has 19 heavy (non-hydrogen) atoms. The van der Waals surface area contributed by atoms with Crippen molar-refractivity contribution in [2.75, 3.05) is 11.9 Å². The quantitative estimate of drug-likeness (QED) is 0.885. The number of benzene rings is 1. The SMILES string of the molecule is NCC1CCCCC1C(=O)Nc1cc(F)cc(F)c1. The molecule has 0 aromatic heterocycles. The summed E-state index contributed by atoms with van der Waals surface area (Å²) in [5.74, 6) is -1.60. The van der Waals surface area contributed by atoms with Gasteiger partial charge in [-0.25, -0.2) is 8.78 Å². The van der Waals surface area contributed by atoms with Crippen molar-refractivity contribution in [3.05, 3.63) is 29.8 Å². The summed E-state index contributed by atoms with van der Waals surface area (Å²) in [7, 11) is 0. The van der Waals surface area contributed by atoms with Crippen LogP contribution in [0, 0.1) is 23.5 Å². The number of carbonyl (C=O) groups is 1. The van der Waals surface area contributed by atoms with E-state index in [1.54, 1.807) is 0 Å². The number of hydrogen-bond donors (Lipinski definition) is 2. The summed E-state index contributed by atoms with van der Waals surface area (Å²) in [6.45, 7) is 0.468. The largest absolute Gasteiger partial charge is 0.330 e. The molecule has 0 heterocycles. The van der Waals surface area contributed by atoms with Crippen molar-refractivity contribution in [2.45, 2.75) is 25.7 Å². The molecule has 1 aliphatic rings. The molecular weight excluding hydrogens is 250 g/mol. The summed E-state index contributed by atoms with van der Waals surface area (Å²) < 4.78 is 26.1. The molecule has 0 aliphatic heterocycles. The lowest BCUT2D eigenvalue weighted by molar-refractivity contribution is -0.122. The van der Waals surface area contributed by atoms with Crippen molar-refractivity contribution in [3.63, 3.8) is 0 Å². The highest BCUT2D eigenvalue weighted by atomic mass is 19.1. The molecule has 0 saturated heterocycles. The fourth-order valence-corrected chi connectivity index (χ4v) is 2.70. The third kappa shape index (κ3) is 3.50. The van der Waals surface area contributed by atoms with Crippen LogP contribution < -0.4 is 11.1 Å². The van der Waals surface area contributed by atoms with Gasteiger partial charge in [-0.15, -0.1) is 0 Å². The smallest absolute Gasteiger partial charge is 0.227 e. The van der Waals surface area contributed by atoms with Gasteiger partial charge in [0.15, 0.2) is 0 Å². The molecule has 5 heteroatoms. The molecule has 0 radical (unpaired) electrons. The Morgan fingerprint density at radius 2 is 1.84 bits per heavy atom. The fourth-order valence-electron chi connectivity index (χ4n) is 2.70. The Hall–Kier alpha value is -1.49. The van der Waals surface area contributed by atoms with Gasteiger partial charge in [0.1, 0.15) is 11.6 Å². The van der Waals surface area contributed by atoms with E-state index in [4.69, 9.17) is 5.73 Å². The Kier molecular flexibility index (Phi) is 4.47. The molecule has 0 spiro atoms. The maximum atomic E-state index is 13.1. The zero-order valence-corrected chi connectivity index (χ0v) is 10.7. The van der Waals surface area contributed by atoms with E-state index in [0.29, 0.717) is 6.54 Å². The van der Waals surface area contributed by atoms with Gasteiger partial charge in [-0.3, -0.25) is 4.79 Å².